The van der Waals surface area contributed by atoms with Gasteiger partial charge in [-0.1, -0.05) is 20.8 Å². The first-order chi connectivity index (χ1) is 8.69. The van der Waals surface area contributed by atoms with E-state index in [1.807, 2.05) is 0 Å². The summed E-state index contributed by atoms with van der Waals surface area (Å²) in [4.78, 5) is 0. The topological polar surface area (TPSA) is 21.3 Å². The van der Waals surface area contributed by atoms with E-state index in [1.54, 1.807) is 7.11 Å². The second-order valence-electron chi connectivity index (χ2n) is 5.78. The summed E-state index contributed by atoms with van der Waals surface area (Å²) in [6, 6.07) is 0.724. The van der Waals surface area contributed by atoms with E-state index in [4.69, 9.17) is 4.74 Å². The van der Waals surface area contributed by atoms with Crippen LogP contribution < -0.4 is 5.32 Å². The summed E-state index contributed by atoms with van der Waals surface area (Å²) in [5.74, 6) is 2.89. The number of methoxy groups -OCH3 is 1. The van der Waals surface area contributed by atoms with Crippen LogP contribution in [0.25, 0.3) is 0 Å². The average Bonchev–Trinajstić information content (AvgIpc) is 2.37. The fourth-order valence-electron chi connectivity index (χ4n) is 2.80. The summed E-state index contributed by atoms with van der Waals surface area (Å²) in [6.45, 7) is 9.05. The largest absolute Gasteiger partial charge is 0.384 e. The Bertz CT molecular complexity index is 211. The lowest BCUT2D eigenvalue weighted by Gasteiger charge is -2.38. The fraction of sp³-hybridized carbons (Fsp3) is 1.00. The van der Waals surface area contributed by atoms with Crippen molar-refractivity contribution < 1.29 is 4.74 Å². The quantitative estimate of drug-likeness (QED) is 0.683. The Kier molecular flexibility index (Phi) is 8.36. The van der Waals surface area contributed by atoms with Crippen LogP contribution in [0.15, 0.2) is 0 Å². The Hall–Kier alpha value is 0.270. The normalized spacial score (nSPS) is 28.8. The van der Waals surface area contributed by atoms with E-state index < -0.39 is 0 Å². The third-order valence-electron chi connectivity index (χ3n) is 4.05. The molecule has 0 aliphatic heterocycles. The van der Waals surface area contributed by atoms with Gasteiger partial charge < -0.3 is 10.1 Å². The molecule has 0 aromatic heterocycles. The van der Waals surface area contributed by atoms with Gasteiger partial charge in [-0.3, -0.25) is 0 Å². The van der Waals surface area contributed by atoms with Crippen LogP contribution in [0.4, 0.5) is 0 Å². The van der Waals surface area contributed by atoms with E-state index in [0.29, 0.717) is 0 Å². The third kappa shape index (κ3) is 5.50. The van der Waals surface area contributed by atoms with Gasteiger partial charge in [0.2, 0.25) is 0 Å². The lowest BCUT2D eigenvalue weighted by molar-refractivity contribution is 0.217. The zero-order valence-corrected chi connectivity index (χ0v) is 13.4. The van der Waals surface area contributed by atoms with Gasteiger partial charge in [0, 0.05) is 24.2 Å². The highest BCUT2D eigenvalue weighted by molar-refractivity contribution is 8.00. The maximum Gasteiger partial charge on any atom is 0.0553 e. The highest BCUT2D eigenvalue weighted by atomic mass is 32.2. The summed E-state index contributed by atoms with van der Waals surface area (Å²) in [5, 5.41) is 4.53. The molecule has 3 atom stereocenters. The minimum atomic E-state index is 0.724. The van der Waals surface area contributed by atoms with Crippen molar-refractivity contribution in [3.63, 3.8) is 0 Å². The molecule has 0 heterocycles. The molecule has 0 bridgehead atoms. The van der Waals surface area contributed by atoms with Crippen LogP contribution >= 0.6 is 11.8 Å². The molecule has 0 aromatic rings. The molecule has 0 radical (unpaired) electrons. The van der Waals surface area contributed by atoms with E-state index in [0.717, 1.165) is 35.5 Å². The Balaban J connectivity index is 2.44. The van der Waals surface area contributed by atoms with Crippen molar-refractivity contribution in [3.8, 4) is 0 Å². The number of ether oxygens (including phenoxy) is 1. The van der Waals surface area contributed by atoms with Crippen molar-refractivity contribution in [1.82, 2.24) is 5.32 Å². The summed E-state index contributed by atoms with van der Waals surface area (Å²) in [7, 11) is 1.80. The molecule has 108 valence electrons. The van der Waals surface area contributed by atoms with E-state index >= 15 is 0 Å². The van der Waals surface area contributed by atoms with Crippen molar-refractivity contribution in [1.29, 1.82) is 0 Å². The standard InChI is InChI=1S/C15H31NOS/c1-5-8-16-14-7-6-13(12(2)3)11-15(14)18-10-9-17-4/h12-16H,5-11H2,1-4H3. The SMILES string of the molecule is CCCNC1CCC(C(C)C)CC1SCCOC. The Morgan fingerprint density at radius 1 is 1.33 bits per heavy atom. The summed E-state index contributed by atoms with van der Waals surface area (Å²) in [6.07, 6.45) is 5.38. The molecule has 0 aromatic carbocycles. The van der Waals surface area contributed by atoms with E-state index in [1.165, 1.54) is 32.2 Å². The first kappa shape index (κ1) is 16.3. The molecule has 0 spiro atoms. The smallest absolute Gasteiger partial charge is 0.0553 e. The van der Waals surface area contributed by atoms with Crippen LogP contribution in [0.3, 0.4) is 0 Å². The van der Waals surface area contributed by atoms with Gasteiger partial charge in [0.05, 0.1) is 6.61 Å². The van der Waals surface area contributed by atoms with Crippen molar-refractivity contribution in [3.05, 3.63) is 0 Å². The third-order valence-corrected chi connectivity index (χ3v) is 5.40. The number of nitrogens with one attached hydrogen (secondary N) is 1. The Morgan fingerprint density at radius 3 is 2.72 bits per heavy atom. The van der Waals surface area contributed by atoms with Gasteiger partial charge in [0.15, 0.2) is 0 Å². The van der Waals surface area contributed by atoms with Gasteiger partial charge in [0.1, 0.15) is 0 Å². The lowest BCUT2D eigenvalue weighted by Crippen LogP contribution is -2.44. The van der Waals surface area contributed by atoms with E-state index in [2.05, 4.69) is 37.8 Å². The van der Waals surface area contributed by atoms with Crippen molar-refractivity contribution >= 4 is 11.8 Å². The lowest BCUT2D eigenvalue weighted by atomic mass is 9.79. The fourth-order valence-corrected chi connectivity index (χ4v) is 4.21. The molecule has 1 aliphatic carbocycles. The number of rotatable bonds is 8. The molecular formula is C15H31NOS. The van der Waals surface area contributed by atoms with Gasteiger partial charge in [-0.2, -0.15) is 11.8 Å². The van der Waals surface area contributed by atoms with Crippen LogP contribution in [0.1, 0.15) is 46.5 Å². The molecule has 2 nitrogen and oxygen atoms in total. The highest BCUT2D eigenvalue weighted by Gasteiger charge is 2.31. The monoisotopic (exact) mass is 273 g/mol. The number of thioether (sulfide) groups is 1. The summed E-state index contributed by atoms with van der Waals surface area (Å²) < 4.78 is 5.18. The first-order valence-electron chi connectivity index (χ1n) is 7.52. The molecule has 3 heteroatoms. The molecule has 3 unspecified atom stereocenters. The Labute approximate surface area is 118 Å². The van der Waals surface area contributed by atoms with Gasteiger partial charge in [-0.15, -0.1) is 0 Å². The van der Waals surface area contributed by atoms with E-state index in [-0.39, 0.29) is 0 Å². The van der Waals surface area contributed by atoms with Crippen molar-refractivity contribution in [2.45, 2.75) is 57.7 Å². The molecular weight excluding hydrogens is 242 g/mol. The average molecular weight is 273 g/mol. The Morgan fingerprint density at radius 2 is 2.11 bits per heavy atom. The maximum absolute atomic E-state index is 5.18. The summed E-state index contributed by atoms with van der Waals surface area (Å²) in [5.41, 5.74) is 0. The van der Waals surface area contributed by atoms with Gasteiger partial charge in [-0.25, -0.2) is 0 Å². The molecule has 1 fully saturated rings. The number of hydrogen-bond donors (Lipinski definition) is 1. The van der Waals surface area contributed by atoms with Gasteiger partial charge >= 0.3 is 0 Å². The van der Waals surface area contributed by atoms with Crippen LogP contribution in [0.5, 0.6) is 0 Å². The molecule has 1 aliphatic rings. The first-order valence-corrected chi connectivity index (χ1v) is 8.57. The van der Waals surface area contributed by atoms with Crippen LogP contribution in [-0.2, 0) is 4.74 Å². The molecule has 1 N–H and O–H groups in total. The second-order valence-corrected chi connectivity index (χ2v) is 7.13. The minimum Gasteiger partial charge on any atom is -0.384 e. The van der Waals surface area contributed by atoms with Gasteiger partial charge in [0.25, 0.3) is 0 Å². The van der Waals surface area contributed by atoms with Crippen LogP contribution in [0.2, 0.25) is 0 Å². The highest BCUT2D eigenvalue weighted by Crippen LogP contribution is 2.36. The second kappa shape index (κ2) is 9.22. The zero-order chi connectivity index (χ0) is 13.4. The van der Waals surface area contributed by atoms with Crippen molar-refractivity contribution in [2.75, 3.05) is 26.0 Å². The minimum absolute atomic E-state index is 0.724. The van der Waals surface area contributed by atoms with E-state index in [9.17, 15) is 0 Å². The maximum atomic E-state index is 5.18. The molecule has 1 saturated carbocycles. The van der Waals surface area contributed by atoms with Gasteiger partial charge in [-0.05, 0) is 44.1 Å². The molecule has 18 heavy (non-hydrogen) atoms. The predicted octanol–water partition coefficient (Wildman–Crippen LogP) is 3.56. The zero-order valence-electron chi connectivity index (χ0n) is 12.6. The predicted molar refractivity (Wildman–Crippen MR) is 82.4 cm³/mol. The molecule has 0 amide bonds. The van der Waals surface area contributed by atoms with Crippen LogP contribution in [-0.4, -0.2) is 37.3 Å². The van der Waals surface area contributed by atoms with Crippen molar-refractivity contribution in [2.24, 2.45) is 11.8 Å². The van der Waals surface area contributed by atoms with Crippen LogP contribution in [0, 0.1) is 11.8 Å². The summed E-state index contributed by atoms with van der Waals surface area (Å²) >= 11 is 2.11. The molecule has 1 rings (SSSR count). The number of hydrogen-bond acceptors (Lipinski definition) is 3. The molecule has 0 saturated heterocycles.